The van der Waals surface area contributed by atoms with E-state index < -0.39 is 8.07 Å². The lowest BCUT2D eigenvalue weighted by Gasteiger charge is -2.34. The van der Waals surface area contributed by atoms with Gasteiger partial charge >= 0.3 is 0 Å². The van der Waals surface area contributed by atoms with E-state index in [1.54, 1.807) is 0 Å². The van der Waals surface area contributed by atoms with Gasteiger partial charge in [-0.1, -0.05) is 127 Å². The molecule has 0 saturated heterocycles. The molecule has 51 heavy (non-hydrogen) atoms. The molecular weight excluding hydrogens is 639 g/mol. The smallest absolute Gasteiger partial charge is 0.179 e. The monoisotopic (exact) mass is 669 g/mol. The molecule has 0 bridgehead atoms. The Morgan fingerprint density at radius 2 is 1.12 bits per heavy atom. The van der Waals surface area contributed by atoms with Gasteiger partial charge in [-0.2, -0.15) is 0 Å². The van der Waals surface area contributed by atoms with Crippen LogP contribution in [0, 0.1) is 0 Å². The van der Waals surface area contributed by atoms with E-state index in [2.05, 4.69) is 162 Å². The standard InChI is InChI=1S/C46H31N3OSi/c1-3-15-33(16-4-1)51(34-17-5-2-6-18-34,35-19-13-14-32(30-35)39-21-9-11-28-47-39)36-24-25-37-41(31-36)49(44-23-10-12-29-48-44)40-26-27-43-46(45(37)40)38-20-7-8-22-42(38)50-43/h1-31H. The topological polar surface area (TPSA) is 43.9 Å². The van der Waals surface area contributed by atoms with Crippen LogP contribution in [0.4, 0.5) is 0 Å². The molecule has 0 aliphatic heterocycles. The summed E-state index contributed by atoms with van der Waals surface area (Å²) in [5, 5.41) is 9.82. The first kappa shape index (κ1) is 29.4. The minimum absolute atomic E-state index is 0.880. The molecule has 4 nitrogen and oxygen atoms in total. The first-order valence-electron chi connectivity index (χ1n) is 17.2. The molecule has 0 atom stereocenters. The summed E-state index contributed by atoms with van der Waals surface area (Å²) in [6.07, 6.45) is 3.74. The van der Waals surface area contributed by atoms with Gasteiger partial charge in [0.05, 0.1) is 16.7 Å². The summed E-state index contributed by atoms with van der Waals surface area (Å²) in [7, 11) is -2.92. The zero-order valence-electron chi connectivity index (χ0n) is 27.6. The van der Waals surface area contributed by atoms with Gasteiger partial charge in [0, 0.05) is 39.5 Å². The van der Waals surface area contributed by atoms with Crippen LogP contribution in [0.25, 0.3) is 60.8 Å². The first-order chi connectivity index (χ1) is 25.3. The van der Waals surface area contributed by atoms with E-state index in [1.165, 1.54) is 31.5 Å². The van der Waals surface area contributed by atoms with Crippen molar-refractivity contribution >= 4 is 72.6 Å². The number of hydrogen-bond acceptors (Lipinski definition) is 3. The fraction of sp³-hybridized carbons (Fsp3) is 0. The van der Waals surface area contributed by atoms with Crippen LogP contribution in [0.1, 0.15) is 0 Å². The number of furan rings is 1. The summed E-state index contributed by atoms with van der Waals surface area (Å²) in [5.41, 5.74) is 6.06. The van der Waals surface area contributed by atoms with Gasteiger partial charge in [-0.3, -0.25) is 9.55 Å². The maximum atomic E-state index is 6.40. The van der Waals surface area contributed by atoms with E-state index in [-0.39, 0.29) is 0 Å². The van der Waals surface area contributed by atoms with E-state index in [4.69, 9.17) is 14.4 Å². The summed E-state index contributed by atoms with van der Waals surface area (Å²) in [6.45, 7) is 0. The van der Waals surface area contributed by atoms with Gasteiger partial charge in [0.15, 0.2) is 8.07 Å². The highest BCUT2D eigenvalue weighted by Gasteiger charge is 2.42. The van der Waals surface area contributed by atoms with E-state index in [1.807, 2.05) is 30.6 Å². The van der Waals surface area contributed by atoms with Gasteiger partial charge in [-0.15, -0.1) is 0 Å². The van der Waals surface area contributed by atoms with Gasteiger partial charge in [0.2, 0.25) is 0 Å². The van der Waals surface area contributed by atoms with Crippen LogP contribution in [-0.4, -0.2) is 22.6 Å². The third kappa shape index (κ3) is 4.52. The van der Waals surface area contributed by atoms with Crippen molar-refractivity contribution in [2.75, 3.05) is 0 Å². The molecule has 0 aliphatic rings. The Bertz CT molecular complexity index is 2810. The van der Waals surface area contributed by atoms with Gasteiger partial charge in [-0.25, -0.2) is 4.98 Å². The lowest BCUT2D eigenvalue weighted by molar-refractivity contribution is 0.669. The third-order valence-electron chi connectivity index (χ3n) is 10.3. The van der Waals surface area contributed by atoms with Crippen molar-refractivity contribution in [3.8, 4) is 17.1 Å². The lowest BCUT2D eigenvalue weighted by atomic mass is 10.1. The van der Waals surface area contributed by atoms with Crippen LogP contribution in [0.3, 0.4) is 0 Å². The Morgan fingerprint density at radius 1 is 0.431 bits per heavy atom. The molecule has 0 N–H and O–H groups in total. The minimum Gasteiger partial charge on any atom is -0.456 e. The molecule has 0 aliphatic carbocycles. The average Bonchev–Trinajstić information content (AvgIpc) is 3.75. The largest absolute Gasteiger partial charge is 0.456 e. The van der Waals surface area contributed by atoms with Crippen molar-refractivity contribution in [2.24, 2.45) is 0 Å². The van der Waals surface area contributed by atoms with Crippen LogP contribution in [0.5, 0.6) is 0 Å². The molecule has 0 fully saturated rings. The summed E-state index contributed by atoms with van der Waals surface area (Å²) in [6, 6.07) is 63.2. The van der Waals surface area contributed by atoms with Crippen molar-refractivity contribution in [1.82, 2.24) is 14.5 Å². The van der Waals surface area contributed by atoms with Gasteiger partial charge in [0.25, 0.3) is 0 Å². The molecule has 10 aromatic rings. The van der Waals surface area contributed by atoms with Gasteiger partial charge in [0.1, 0.15) is 17.0 Å². The fourth-order valence-electron chi connectivity index (χ4n) is 8.11. The molecule has 0 saturated carbocycles. The Labute approximate surface area is 295 Å². The molecule has 0 spiro atoms. The third-order valence-corrected chi connectivity index (χ3v) is 15.0. The zero-order valence-corrected chi connectivity index (χ0v) is 28.6. The normalized spacial score (nSPS) is 11.9. The average molecular weight is 670 g/mol. The molecule has 0 unspecified atom stereocenters. The number of benzene rings is 6. The second-order valence-corrected chi connectivity index (χ2v) is 16.8. The Balaban J connectivity index is 1.35. The van der Waals surface area contributed by atoms with E-state index in [0.29, 0.717) is 0 Å². The highest BCUT2D eigenvalue weighted by Crippen LogP contribution is 2.40. The molecule has 10 rings (SSSR count). The van der Waals surface area contributed by atoms with E-state index in [9.17, 15) is 0 Å². The zero-order chi connectivity index (χ0) is 33.8. The number of para-hydroxylation sites is 1. The maximum absolute atomic E-state index is 6.40. The van der Waals surface area contributed by atoms with Crippen molar-refractivity contribution < 1.29 is 4.42 Å². The van der Waals surface area contributed by atoms with Crippen molar-refractivity contribution in [1.29, 1.82) is 0 Å². The van der Waals surface area contributed by atoms with E-state index >= 15 is 0 Å². The molecule has 0 amide bonds. The predicted molar refractivity (Wildman–Crippen MR) is 213 cm³/mol. The van der Waals surface area contributed by atoms with Crippen molar-refractivity contribution in [2.45, 2.75) is 0 Å². The lowest BCUT2D eigenvalue weighted by Crippen LogP contribution is -2.74. The molecular formula is C46H31N3OSi. The molecule has 6 aromatic carbocycles. The van der Waals surface area contributed by atoms with Crippen LogP contribution in [0.15, 0.2) is 193 Å². The second-order valence-electron chi connectivity index (χ2n) is 13.0. The quantitative estimate of drug-likeness (QED) is 0.132. The summed E-state index contributed by atoms with van der Waals surface area (Å²) >= 11 is 0. The van der Waals surface area contributed by atoms with Crippen molar-refractivity contribution in [3.05, 3.63) is 188 Å². The first-order valence-corrected chi connectivity index (χ1v) is 19.2. The fourth-order valence-corrected chi connectivity index (χ4v) is 12.9. The van der Waals surface area contributed by atoms with E-state index in [0.717, 1.165) is 50.0 Å². The number of aromatic nitrogens is 3. The van der Waals surface area contributed by atoms with Gasteiger partial charge < -0.3 is 4.42 Å². The Kier molecular flexibility index (Phi) is 6.79. The SMILES string of the molecule is c1ccc([Si](c2ccccc2)(c2cccc(-c3ccccn3)c2)c2ccc3c4c5c(ccc4n(-c4ccccn4)c3c2)oc2ccccc25)cc1. The van der Waals surface area contributed by atoms with Crippen LogP contribution in [0.2, 0.25) is 0 Å². The predicted octanol–water partition coefficient (Wildman–Crippen LogP) is 8.52. The van der Waals surface area contributed by atoms with Crippen LogP contribution >= 0.6 is 0 Å². The number of nitrogens with zero attached hydrogens (tertiary/aromatic N) is 3. The van der Waals surface area contributed by atoms with Gasteiger partial charge in [-0.05, 0) is 69.3 Å². The summed E-state index contributed by atoms with van der Waals surface area (Å²) in [5.74, 6) is 0.880. The highest BCUT2D eigenvalue weighted by atomic mass is 28.3. The number of rotatable bonds is 6. The summed E-state index contributed by atoms with van der Waals surface area (Å²) in [4.78, 5) is 9.65. The molecule has 0 radical (unpaired) electrons. The minimum atomic E-state index is -2.92. The maximum Gasteiger partial charge on any atom is 0.179 e. The Hall–Kier alpha value is -6.56. The van der Waals surface area contributed by atoms with Crippen LogP contribution in [-0.2, 0) is 0 Å². The van der Waals surface area contributed by atoms with Crippen molar-refractivity contribution in [3.63, 3.8) is 0 Å². The number of fused-ring (bicyclic) bond motifs is 7. The van der Waals surface area contributed by atoms with Crippen LogP contribution < -0.4 is 20.7 Å². The number of hydrogen-bond donors (Lipinski definition) is 0. The number of pyridine rings is 2. The molecule has 4 heterocycles. The highest BCUT2D eigenvalue weighted by molar-refractivity contribution is 7.20. The Morgan fingerprint density at radius 3 is 1.86 bits per heavy atom. The molecule has 240 valence electrons. The summed E-state index contributed by atoms with van der Waals surface area (Å²) < 4.78 is 8.73. The molecule has 4 aromatic heterocycles. The molecule has 5 heteroatoms. The second kappa shape index (κ2) is 11.8.